The van der Waals surface area contributed by atoms with E-state index in [9.17, 15) is 13.2 Å². The average molecular weight is 409 g/mol. The van der Waals surface area contributed by atoms with Gasteiger partial charge in [-0.15, -0.1) is 11.3 Å². The van der Waals surface area contributed by atoms with E-state index in [4.69, 9.17) is 4.74 Å². The smallest absolute Gasteiger partial charge is 0.253 e. The fraction of sp³-hybridized carbons (Fsp3) is 0.421. The summed E-state index contributed by atoms with van der Waals surface area (Å²) in [4.78, 5) is 12.8. The molecule has 0 unspecified atom stereocenters. The number of piperidine rings is 1. The summed E-state index contributed by atoms with van der Waals surface area (Å²) in [5, 5.41) is 4.65. The number of rotatable bonds is 7. The topological polar surface area (TPSA) is 75.7 Å². The molecule has 1 atom stereocenters. The van der Waals surface area contributed by atoms with Gasteiger partial charge in [-0.2, -0.15) is 4.31 Å². The lowest BCUT2D eigenvalue weighted by Gasteiger charge is -2.33. The minimum atomic E-state index is -3.64. The van der Waals surface area contributed by atoms with Gasteiger partial charge >= 0.3 is 0 Å². The summed E-state index contributed by atoms with van der Waals surface area (Å²) < 4.78 is 32.7. The van der Waals surface area contributed by atoms with E-state index >= 15 is 0 Å². The molecule has 1 aliphatic heterocycles. The highest BCUT2D eigenvalue weighted by Gasteiger charge is 2.37. The molecular formula is C19H24N2O4S2. The second kappa shape index (κ2) is 8.97. The van der Waals surface area contributed by atoms with Crippen molar-refractivity contribution in [3.63, 3.8) is 0 Å². The number of thiophene rings is 1. The van der Waals surface area contributed by atoms with E-state index in [1.54, 1.807) is 24.6 Å². The summed E-state index contributed by atoms with van der Waals surface area (Å²) in [6.07, 6.45) is 2.15. The Bertz CT molecular complexity index is 866. The van der Waals surface area contributed by atoms with Crippen LogP contribution in [-0.2, 0) is 32.7 Å². The molecule has 146 valence electrons. The Morgan fingerprint density at radius 1 is 1.22 bits per heavy atom. The van der Waals surface area contributed by atoms with Crippen molar-refractivity contribution in [3.05, 3.63) is 52.9 Å². The molecule has 1 aromatic heterocycles. The molecule has 2 aromatic rings. The maximum absolute atomic E-state index is 12.9. The van der Waals surface area contributed by atoms with Gasteiger partial charge in [-0.05, 0) is 35.4 Å². The molecule has 3 rings (SSSR count). The molecule has 27 heavy (non-hydrogen) atoms. The number of benzene rings is 1. The lowest BCUT2D eigenvalue weighted by Crippen LogP contribution is -2.51. The Hall–Kier alpha value is -1.74. The predicted octanol–water partition coefficient (Wildman–Crippen LogP) is 2.75. The Kier molecular flexibility index (Phi) is 6.64. The lowest BCUT2D eigenvalue weighted by molar-refractivity contribution is -0.125. The van der Waals surface area contributed by atoms with E-state index in [0.717, 1.165) is 24.0 Å². The number of hydrogen-bond donors (Lipinski definition) is 1. The van der Waals surface area contributed by atoms with E-state index < -0.39 is 16.1 Å². The van der Waals surface area contributed by atoms with Crippen LogP contribution < -0.4 is 5.32 Å². The van der Waals surface area contributed by atoms with E-state index in [-0.39, 0.29) is 10.1 Å². The van der Waals surface area contributed by atoms with Crippen molar-refractivity contribution in [2.24, 2.45) is 0 Å². The van der Waals surface area contributed by atoms with Gasteiger partial charge in [0.1, 0.15) is 10.3 Å². The molecule has 1 aliphatic rings. The Balaban J connectivity index is 1.73. The maximum atomic E-state index is 12.9. The van der Waals surface area contributed by atoms with Gasteiger partial charge in [-0.1, -0.05) is 36.8 Å². The fourth-order valence-corrected chi connectivity index (χ4v) is 6.08. The Morgan fingerprint density at radius 2 is 2.00 bits per heavy atom. The molecule has 1 fully saturated rings. The van der Waals surface area contributed by atoms with Crippen LogP contribution in [0.4, 0.5) is 0 Å². The number of methoxy groups -OCH3 is 1. The van der Waals surface area contributed by atoms with Crippen LogP contribution in [0, 0.1) is 0 Å². The first kappa shape index (κ1) is 20.0. The van der Waals surface area contributed by atoms with Crippen molar-refractivity contribution >= 4 is 27.3 Å². The zero-order valence-electron chi connectivity index (χ0n) is 15.3. The van der Waals surface area contributed by atoms with Crippen LogP contribution >= 0.6 is 11.3 Å². The summed E-state index contributed by atoms with van der Waals surface area (Å²) in [6.45, 7) is 1.19. The van der Waals surface area contributed by atoms with E-state index in [1.165, 1.54) is 15.6 Å². The number of hydrogen-bond acceptors (Lipinski definition) is 5. The first-order valence-corrected chi connectivity index (χ1v) is 11.2. The van der Waals surface area contributed by atoms with Gasteiger partial charge in [0, 0.05) is 20.2 Å². The minimum absolute atomic E-state index is 0.248. The lowest BCUT2D eigenvalue weighted by atomic mass is 10.0. The molecule has 0 bridgehead atoms. The Labute approximate surface area is 164 Å². The monoisotopic (exact) mass is 408 g/mol. The number of sulfonamides is 1. The molecule has 0 saturated carbocycles. The van der Waals surface area contributed by atoms with Gasteiger partial charge in [-0.3, -0.25) is 4.79 Å². The average Bonchev–Trinajstić information content (AvgIpc) is 3.23. The number of ether oxygens (including phenoxy) is 1. The third-order valence-electron chi connectivity index (χ3n) is 4.69. The third-order valence-corrected chi connectivity index (χ3v) is 7.97. The summed E-state index contributed by atoms with van der Waals surface area (Å²) in [5.41, 5.74) is 1.98. The molecule has 0 aliphatic carbocycles. The summed E-state index contributed by atoms with van der Waals surface area (Å²) >= 11 is 1.18. The zero-order valence-corrected chi connectivity index (χ0v) is 16.9. The van der Waals surface area contributed by atoms with Crippen LogP contribution in [0.1, 0.15) is 30.4 Å². The highest BCUT2D eigenvalue weighted by molar-refractivity contribution is 7.91. The quantitative estimate of drug-likeness (QED) is 0.764. The molecule has 6 nitrogen and oxygen atoms in total. The van der Waals surface area contributed by atoms with Gasteiger partial charge in [0.15, 0.2) is 0 Å². The molecule has 0 spiro atoms. The number of nitrogens with zero attached hydrogens (tertiary/aromatic N) is 1. The third kappa shape index (κ3) is 4.57. The van der Waals surface area contributed by atoms with Crippen molar-refractivity contribution in [1.29, 1.82) is 0 Å². The van der Waals surface area contributed by atoms with Crippen molar-refractivity contribution < 1.29 is 17.9 Å². The Morgan fingerprint density at radius 3 is 2.70 bits per heavy atom. The van der Waals surface area contributed by atoms with Crippen molar-refractivity contribution in [2.45, 2.75) is 42.7 Å². The van der Waals surface area contributed by atoms with E-state index in [0.29, 0.717) is 26.1 Å². The van der Waals surface area contributed by atoms with Crippen LogP contribution in [0.2, 0.25) is 0 Å². The molecule has 8 heteroatoms. The summed E-state index contributed by atoms with van der Waals surface area (Å²) in [6, 6.07) is 10.4. The molecule has 1 saturated heterocycles. The van der Waals surface area contributed by atoms with Gasteiger partial charge < -0.3 is 10.1 Å². The van der Waals surface area contributed by atoms with Crippen LogP contribution in [0.5, 0.6) is 0 Å². The summed E-state index contributed by atoms with van der Waals surface area (Å²) in [5.74, 6) is -0.248. The molecule has 1 aromatic carbocycles. The first-order chi connectivity index (χ1) is 13.0. The van der Waals surface area contributed by atoms with Gasteiger partial charge in [-0.25, -0.2) is 8.42 Å². The van der Waals surface area contributed by atoms with Crippen molar-refractivity contribution in [2.75, 3.05) is 13.7 Å². The highest BCUT2D eigenvalue weighted by Crippen LogP contribution is 2.28. The van der Waals surface area contributed by atoms with E-state index in [2.05, 4.69) is 5.32 Å². The van der Waals surface area contributed by atoms with Crippen LogP contribution in [0.3, 0.4) is 0 Å². The second-order valence-corrected chi connectivity index (χ2v) is 9.54. The SMILES string of the molecule is COCc1ccccc1CNC(=O)[C@H]1CCCCN1S(=O)(=O)c1cccs1. The maximum Gasteiger partial charge on any atom is 0.253 e. The minimum Gasteiger partial charge on any atom is -0.380 e. The highest BCUT2D eigenvalue weighted by atomic mass is 32.2. The molecule has 2 heterocycles. The molecular weight excluding hydrogens is 384 g/mol. The number of carbonyl (C=O) groups is 1. The number of amides is 1. The van der Waals surface area contributed by atoms with Gasteiger partial charge in [0.05, 0.1) is 6.61 Å². The molecule has 1 amide bonds. The van der Waals surface area contributed by atoms with Crippen molar-refractivity contribution in [3.8, 4) is 0 Å². The summed E-state index contributed by atoms with van der Waals surface area (Å²) in [7, 11) is -2.01. The first-order valence-electron chi connectivity index (χ1n) is 8.93. The zero-order chi connectivity index (χ0) is 19.3. The largest absolute Gasteiger partial charge is 0.380 e. The number of carbonyl (C=O) groups excluding carboxylic acids is 1. The normalized spacial score (nSPS) is 18.3. The molecule has 1 N–H and O–H groups in total. The fourth-order valence-electron chi connectivity index (χ4n) is 3.31. The predicted molar refractivity (Wildman–Crippen MR) is 105 cm³/mol. The number of nitrogens with one attached hydrogen (secondary N) is 1. The molecule has 0 radical (unpaired) electrons. The standard InChI is InChI=1S/C19H24N2O4S2/c1-25-14-16-8-3-2-7-15(16)13-20-19(22)17-9-4-5-11-21(17)27(23,24)18-10-6-12-26-18/h2-3,6-8,10,12,17H,4-5,9,11,13-14H2,1H3,(H,20,22)/t17-/m1/s1. The van der Waals surface area contributed by atoms with E-state index in [1.807, 2.05) is 24.3 Å². The van der Waals surface area contributed by atoms with Gasteiger partial charge in [0.2, 0.25) is 5.91 Å². The van der Waals surface area contributed by atoms with Crippen LogP contribution in [-0.4, -0.2) is 38.3 Å². The van der Waals surface area contributed by atoms with Crippen LogP contribution in [0.15, 0.2) is 46.0 Å². The van der Waals surface area contributed by atoms with Gasteiger partial charge in [0.25, 0.3) is 10.0 Å². The second-order valence-electron chi connectivity index (χ2n) is 6.48. The van der Waals surface area contributed by atoms with Crippen molar-refractivity contribution in [1.82, 2.24) is 9.62 Å². The van der Waals surface area contributed by atoms with Crippen LogP contribution in [0.25, 0.3) is 0 Å².